The van der Waals surface area contributed by atoms with Gasteiger partial charge in [0, 0.05) is 6.54 Å². The third-order valence-corrected chi connectivity index (χ3v) is 10.3. The van der Waals surface area contributed by atoms with Gasteiger partial charge in [-0.15, -0.1) is 0 Å². The summed E-state index contributed by atoms with van der Waals surface area (Å²) in [6, 6.07) is -12.9. The van der Waals surface area contributed by atoms with E-state index in [0.29, 0.717) is 6.92 Å². The second-order valence-corrected chi connectivity index (χ2v) is 17.4. The minimum Gasteiger partial charge on any atom is -0.480 e. The van der Waals surface area contributed by atoms with Gasteiger partial charge in [0.2, 0.25) is 47.3 Å². The number of aliphatic hydroxyl groups is 1. The standard InChI is InChI=1S/C41H66F6N12O15/c1-8-18(6)27(58-30(63)20(10-9-11-52-39(50)51)55-31(64)21(12-16(2)3)56-33(66)26(49)29(62)17(4)5)35(68)59-28(19(7)74-38(72)41(45,46)47)34(67)53-14-25(61)54-22(13-24(48)60)32(65)57-23(36(69)70)15-73-37(71)40(42,43)44/h16-23,26-29,62H,8-15,49H2,1-7H3,(H2,48,60)(H,53,67)(H,54,61)(H,55,64)(H,56,66)(H,57,65)(H,58,63)(H,59,68)(H,69,70)(H4,50,51,52)/t18-,19+,20+,21-,22-,23-,26-,27-,28-,29+/m0/s1. The number of aliphatic hydroxyl groups excluding tert-OH is 1. The Hall–Kier alpha value is -7.06. The Morgan fingerprint density at radius 2 is 1.16 bits per heavy atom. The number of nitrogens with one attached hydrogen (secondary N) is 7. The summed E-state index contributed by atoms with van der Waals surface area (Å²) < 4.78 is 85.8. The number of guanidine groups is 1. The molecule has 0 aromatic rings. The predicted molar refractivity (Wildman–Crippen MR) is 242 cm³/mol. The summed E-state index contributed by atoms with van der Waals surface area (Å²) in [7, 11) is 0. The number of ether oxygens (including phenoxy) is 2. The highest BCUT2D eigenvalue weighted by Crippen LogP contribution is 2.20. The fourth-order valence-electron chi connectivity index (χ4n) is 6.10. The topological polar surface area (TPSA) is 447 Å². The highest BCUT2D eigenvalue weighted by molar-refractivity contribution is 5.98. The maximum absolute atomic E-state index is 14.1. The van der Waals surface area contributed by atoms with Crippen molar-refractivity contribution in [2.45, 2.75) is 147 Å². The lowest BCUT2D eigenvalue weighted by Gasteiger charge is -2.30. The Kier molecular flexibility index (Phi) is 27.9. The van der Waals surface area contributed by atoms with Gasteiger partial charge in [-0.1, -0.05) is 48.0 Å². The van der Waals surface area contributed by atoms with Crippen LogP contribution in [0.5, 0.6) is 0 Å². The van der Waals surface area contributed by atoms with Crippen LogP contribution in [0.3, 0.4) is 0 Å². The number of nitrogens with two attached hydrogens (primary N) is 4. The first-order valence-electron chi connectivity index (χ1n) is 22.6. The Balaban J connectivity index is 6.81. The molecule has 0 aliphatic carbocycles. The van der Waals surface area contributed by atoms with Gasteiger partial charge in [0.25, 0.3) is 0 Å². The largest absolute Gasteiger partial charge is 0.490 e. The van der Waals surface area contributed by atoms with Gasteiger partial charge >= 0.3 is 30.3 Å². The van der Waals surface area contributed by atoms with Crippen molar-refractivity contribution < 1.29 is 98.8 Å². The summed E-state index contributed by atoms with van der Waals surface area (Å²) in [5, 5.41) is 34.5. The van der Waals surface area contributed by atoms with E-state index in [9.17, 15) is 89.3 Å². The number of aliphatic carboxylic acids is 1. The third-order valence-electron chi connectivity index (χ3n) is 10.3. The van der Waals surface area contributed by atoms with Crippen LogP contribution in [0.2, 0.25) is 0 Å². The zero-order valence-corrected chi connectivity index (χ0v) is 41.3. The van der Waals surface area contributed by atoms with Crippen LogP contribution in [0.4, 0.5) is 26.3 Å². The van der Waals surface area contributed by atoms with E-state index in [1.165, 1.54) is 6.92 Å². The molecule has 0 bridgehead atoms. The summed E-state index contributed by atoms with van der Waals surface area (Å²) in [4.78, 5) is 144. The zero-order chi connectivity index (χ0) is 57.6. The number of amides is 8. The molecule has 0 aromatic carbocycles. The number of alkyl halides is 6. The predicted octanol–water partition coefficient (Wildman–Crippen LogP) is -3.94. The van der Waals surface area contributed by atoms with Gasteiger partial charge in [0.05, 0.1) is 19.1 Å². The fraction of sp³-hybridized carbons (Fsp3) is 0.707. The molecule has 0 spiro atoms. The second kappa shape index (κ2) is 30.9. The molecule has 0 saturated carbocycles. The number of carbonyl (C=O) groups is 11. The first-order chi connectivity index (χ1) is 33.9. The fourth-order valence-corrected chi connectivity index (χ4v) is 6.10. The molecular weight excluding hydrogens is 1010 g/mol. The molecular formula is C41H66F6N12O15. The lowest BCUT2D eigenvalue weighted by atomic mass is 9.96. The molecule has 0 aromatic heterocycles. The molecule has 0 saturated heterocycles. The second-order valence-electron chi connectivity index (χ2n) is 17.4. The van der Waals surface area contributed by atoms with Crippen molar-refractivity contribution in [3.63, 3.8) is 0 Å². The molecule has 0 aliphatic rings. The van der Waals surface area contributed by atoms with Gasteiger partial charge in [-0.25, -0.2) is 14.4 Å². The normalized spacial score (nSPS) is 15.6. The van der Waals surface area contributed by atoms with E-state index in [2.05, 4.69) is 35.7 Å². The molecule has 17 N–H and O–H groups in total. The Labute approximate surface area is 419 Å². The van der Waals surface area contributed by atoms with Crippen molar-refractivity contribution in [2.75, 3.05) is 19.7 Å². The number of carboxylic acid groups (broad SMARTS) is 1. The number of halogens is 6. The van der Waals surface area contributed by atoms with Crippen LogP contribution in [0, 0.1) is 17.8 Å². The van der Waals surface area contributed by atoms with E-state index in [4.69, 9.17) is 22.9 Å². The van der Waals surface area contributed by atoms with Crippen molar-refractivity contribution in [3.8, 4) is 0 Å². The number of esters is 2. The molecule has 0 rings (SSSR count). The lowest BCUT2D eigenvalue weighted by Crippen LogP contribution is -2.62. The summed E-state index contributed by atoms with van der Waals surface area (Å²) in [6.07, 6.45) is -16.0. The van der Waals surface area contributed by atoms with Crippen molar-refractivity contribution in [1.82, 2.24) is 37.2 Å². The minimum absolute atomic E-state index is 0.00209. The van der Waals surface area contributed by atoms with E-state index >= 15 is 0 Å². The van der Waals surface area contributed by atoms with Gasteiger partial charge in [-0.3, -0.25) is 43.3 Å². The number of nitrogens with zero attached hydrogens (tertiary/aromatic N) is 1. The molecule has 27 nitrogen and oxygen atoms in total. The van der Waals surface area contributed by atoms with Crippen molar-refractivity contribution in [2.24, 2.45) is 45.7 Å². The number of carbonyl (C=O) groups excluding carboxylic acids is 10. The van der Waals surface area contributed by atoms with E-state index in [-0.39, 0.29) is 44.1 Å². The average Bonchev–Trinajstić information content (AvgIpc) is 3.28. The number of hydrogen-bond donors (Lipinski definition) is 13. The maximum Gasteiger partial charge on any atom is 0.490 e. The number of primary amides is 1. The first kappa shape index (κ1) is 66.9. The smallest absolute Gasteiger partial charge is 0.480 e. The van der Waals surface area contributed by atoms with Gasteiger partial charge in [0.15, 0.2) is 12.0 Å². The SMILES string of the molecule is CC[C@H](C)[C@H](NC(=O)[C@@H](CCCN=C(N)N)NC(=O)[C@H](CC(C)C)NC(=O)[C@@H](N)[C@H](O)C(C)C)C(=O)N[C@H](C(=O)NCC(=O)N[C@@H](CC(N)=O)C(=O)N[C@@H](COC(=O)C(F)(F)F)C(=O)O)[C@@H](C)OC(=O)C(F)(F)F. The van der Waals surface area contributed by atoms with Crippen LogP contribution < -0.4 is 60.2 Å². The number of hydrogen-bond acceptors (Lipinski definition) is 16. The molecule has 0 aliphatic heterocycles. The minimum atomic E-state index is -5.65. The summed E-state index contributed by atoms with van der Waals surface area (Å²) >= 11 is 0. The number of aliphatic imine (C=N–C) groups is 1. The van der Waals surface area contributed by atoms with Gasteiger partial charge in [0.1, 0.15) is 49.0 Å². The maximum atomic E-state index is 14.1. The third kappa shape index (κ3) is 24.6. The van der Waals surface area contributed by atoms with E-state index in [1.54, 1.807) is 39.9 Å². The Morgan fingerprint density at radius 3 is 1.65 bits per heavy atom. The highest BCUT2D eigenvalue weighted by Gasteiger charge is 2.45. The molecule has 0 unspecified atom stereocenters. The van der Waals surface area contributed by atoms with E-state index in [1.807, 2.05) is 10.6 Å². The van der Waals surface area contributed by atoms with Crippen LogP contribution in [0.25, 0.3) is 0 Å². The molecule has 8 amide bonds. The van der Waals surface area contributed by atoms with Crippen molar-refractivity contribution in [3.05, 3.63) is 0 Å². The molecule has 33 heteroatoms. The Bertz CT molecular complexity index is 2020. The molecule has 0 fully saturated rings. The average molecular weight is 1080 g/mol. The quantitative estimate of drug-likeness (QED) is 0.0104. The van der Waals surface area contributed by atoms with Gasteiger partial charge < -0.3 is 79.8 Å². The first-order valence-corrected chi connectivity index (χ1v) is 22.6. The number of rotatable bonds is 31. The van der Waals surface area contributed by atoms with Crippen LogP contribution in [-0.4, -0.2) is 168 Å². The van der Waals surface area contributed by atoms with Crippen LogP contribution in [0.1, 0.15) is 80.6 Å². The van der Waals surface area contributed by atoms with Crippen LogP contribution in [0.15, 0.2) is 4.99 Å². The monoisotopic (exact) mass is 1080 g/mol. The summed E-state index contributed by atoms with van der Waals surface area (Å²) in [5.74, 6) is -19.8. The van der Waals surface area contributed by atoms with E-state index < -0.39 is 163 Å². The highest BCUT2D eigenvalue weighted by atomic mass is 19.4. The molecule has 422 valence electrons. The molecule has 10 atom stereocenters. The van der Waals surface area contributed by atoms with Crippen LogP contribution >= 0.6 is 0 Å². The van der Waals surface area contributed by atoms with E-state index in [0.717, 1.165) is 0 Å². The summed E-state index contributed by atoms with van der Waals surface area (Å²) in [5.41, 5.74) is 21.8. The van der Waals surface area contributed by atoms with Gasteiger partial charge in [-0.2, -0.15) is 26.3 Å². The number of carboxylic acids is 1. The Morgan fingerprint density at radius 1 is 0.649 bits per heavy atom. The van der Waals surface area contributed by atoms with Crippen molar-refractivity contribution in [1.29, 1.82) is 0 Å². The zero-order valence-electron chi connectivity index (χ0n) is 41.3. The lowest BCUT2D eigenvalue weighted by molar-refractivity contribution is -0.205. The molecule has 74 heavy (non-hydrogen) atoms. The van der Waals surface area contributed by atoms with Gasteiger partial charge in [-0.05, 0) is 43.9 Å². The van der Waals surface area contributed by atoms with Crippen LogP contribution in [-0.2, 0) is 62.2 Å². The van der Waals surface area contributed by atoms with Crippen molar-refractivity contribution >= 4 is 71.1 Å². The summed E-state index contributed by atoms with van der Waals surface area (Å²) in [6.45, 7) is 7.33. The molecule has 0 radical (unpaired) electrons. The molecule has 0 heterocycles.